The molecule has 0 aromatic heterocycles. The number of carbonyl (C=O) groups is 1. The number of nitrogens with one attached hydrogen (secondary N) is 1. The maximum Gasteiger partial charge on any atom is 0.239 e. The highest BCUT2D eigenvalue weighted by molar-refractivity contribution is 5.82. The number of nitrogens with zero attached hydrogens (tertiary/aromatic N) is 3. The Hall–Kier alpha value is -0.690. The number of rotatable bonds is 4. The zero-order valence-corrected chi connectivity index (χ0v) is 14.6. The molecule has 0 aromatic carbocycles. The molecule has 132 valence electrons. The van der Waals surface area contributed by atoms with Crippen LogP contribution in [0.3, 0.4) is 0 Å². The number of amides is 1. The van der Waals surface area contributed by atoms with Crippen molar-refractivity contribution in [2.45, 2.75) is 57.3 Å². The van der Waals surface area contributed by atoms with Crippen LogP contribution >= 0.6 is 0 Å². The molecule has 1 amide bonds. The number of likely N-dealkylation sites (tertiary alicyclic amines) is 1. The summed E-state index contributed by atoms with van der Waals surface area (Å²) < 4.78 is 0. The van der Waals surface area contributed by atoms with Gasteiger partial charge in [-0.3, -0.25) is 14.6 Å². The molecular formula is C17H32N4O2. The fourth-order valence-corrected chi connectivity index (χ4v) is 4.26. The number of aliphatic hydroxyl groups excluding tert-OH is 1. The van der Waals surface area contributed by atoms with Crippen molar-refractivity contribution in [3.63, 3.8) is 0 Å². The molecule has 0 radical (unpaired) electrons. The zero-order chi connectivity index (χ0) is 16.4. The Bertz CT molecular complexity index is 401. The van der Waals surface area contributed by atoms with Gasteiger partial charge in [0, 0.05) is 57.9 Å². The van der Waals surface area contributed by atoms with Crippen molar-refractivity contribution in [2.24, 2.45) is 0 Å². The largest absolute Gasteiger partial charge is 0.392 e. The SMILES string of the molecule is CC1CCC(C)N1CCN1CCN(C(=O)C2CC(O)CN2)CC1. The van der Waals surface area contributed by atoms with Crippen molar-refractivity contribution >= 4 is 5.91 Å². The molecule has 3 saturated heterocycles. The second-order valence-electron chi connectivity index (χ2n) is 7.53. The molecule has 2 N–H and O–H groups in total. The van der Waals surface area contributed by atoms with Gasteiger partial charge in [-0.2, -0.15) is 0 Å². The van der Waals surface area contributed by atoms with Gasteiger partial charge in [0.25, 0.3) is 0 Å². The van der Waals surface area contributed by atoms with Crippen molar-refractivity contribution in [3.05, 3.63) is 0 Å². The molecule has 3 fully saturated rings. The van der Waals surface area contributed by atoms with Crippen LogP contribution in [0.5, 0.6) is 0 Å². The van der Waals surface area contributed by atoms with E-state index >= 15 is 0 Å². The van der Waals surface area contributed by atoms with E-state index in [1.54, 1.807) is 0 Å². The highest BCUT2D eigenvalue weighted by Gasteiger charge is 2.33. The first kappa shape index (κ1) is 17.1. The Labute approximate surface area is 139 Å². The van der Waals surface area contributed by atoms with Crippen LogP contribution in [-0.4, -0.2) is 95.8 Å². The lowest BCUT2D eigenvalue weighted by Crippen LogP contribution is -2.54. The summed E-state index contributed by atoms with van der Waals surface area (Å²) >= 11 is 0. The first-order valence-corrected chi connectivity index (χ1v) is 9.23. The number of aliphatic hydroxyl groups is 1. The Kier molecular flexibility index (Phi) is 5.57. The molecule has 4 atom stereocenters. The van der Waals surface area contributed by atoms with E-state index in [0.29, 0.717) is 25.0 Å². The smallest absolute Gasteiger partial charge is 0.239 e. The molecule has 4 unspecified atom stereocenters. The Morgan fingerprint density at radius 3 is 2.30 bits per heavy atom. The minimum absolute atomic E-state index is 0.169. The van der Waals surface area contributed by atoms with Gasteiger partial charge >= 0.3 is 0 Å². The third-order valence-electron chi connectivity index (χ3n) is 5.90. The lowest BCUT2D eigenvalue weighted by atomic mass is 10.1. The van der Waals surface area contributed by atoms with E-state index < -0.39 is 0 Å². The Morgan fingerprint density at radius 2 is 1.74 bits per heavy atom. The van der Waals surface area contributed by atoms with E-state index in [2.05, 4.69) is 29.0 Å². The van der Waals surface area contributed by atoms with Crippen LogP contribution in [0.1, 0.15) is 33.1 Å². The maximum absolute atomic E-state index is 12.4. The number of hydrogen-bond acceptors (Lipinski definition) is 5. The zero-order valence-electron chi connectivity index (χ0n) is 14.6. The highest BCUT2D eigenvalue weighted by Crippen LogP contribution is 2.23. The summed E-state index contributed by atoms with van der Waals surface area (Å²) in [5.41, 5.74) is 0. The molecule has 0 aliphatic carbocycles. The van der Waals surface area contributed by atoms with Crippen molar-refractivity contribution in [1.29, 1.82) is 0 Å². The second kappa shape index (κ2) is 7.47. The van der Waals surface area contributed by atoms with E-state index in [1.165, 1.54) is 12.8 Å². The number of β-amino-alcohol motifs (C(OH)–C–C–N with tert-alkyl or cyclic N) is 1. The van der Waals surface area contributed by atoms with Gasteiger partial charge in [-0.05, 0) is 33.1 Å². The lowest BCUT2D eigenvalue weighted by Gasteiger charge is -2.37. The fourth-order valence-electron chi connectivity index (χ4n) is 4.26. The summed E-state index contributed by atoms with van der Waals surface area (Å²) in [6, 6.07) is 1.25. The maximum atomic E-state index is 12.4. The number of carbonyl (C=O) groups excluding carboxylic acids is 1. The van der Waals surface area contributed by atoms with Gasteiger partial charge < -0.3 is 15.3 Å². The summed E-state index contributed by atoms with van der Waals surface area (Å²) in [4.78, 5) is 19.5. The molecule has 0 saturated carbocycles. The summed E-state index contributed by atoms with van der Waals surface area (Å²) in [7, 11) is 0. The molecule has 3 rings (SSSR count). The van der Waals surface area contributed by atoms with Crippen molar-refractivity contribution < 1.29 is 9.90 Å². The van der Waals surface area contributed by atoms with E-state index in [4.69, 9.17) is 0 Å². The van der Waals surface area contributed by atoms with Crippen LogP contribution in [0, 0.1) is 0 Å². The molecule has 0 aromatic rings. The number of piperazine rings is 1. The predicted octanol–water partition coefficient (Wildman–Crippen LogP) is -0.274. The van der Waals surface area contributed by atoms with E-state index in [9.17, 15) is 9.90 Å². The van der Waals surface area contributed by atoms with Gasteiger partial charge in [-0.15, -0.1) is 0 Å². The highest BCUT2D eigenvalue weighted by atomic mass is 16.3. The molecule has 3 aliphatic rings. The third kappa shape index (κ3) is 4.05. The van der Waals surface area contributed by atoms with E-state index in [1.807, 2.05) is 4.90 Å². The fraction of sp³-hybridized carbons (Fsp3) is 0.941. The molecule has 0 bridgehead atoms. The summed E-state index contributed by atoms with van der Waals surface area (Å²) in [6.45, 7) is 11.0. The standard InChI is InChI=1S/C17H32N4O2/c1-13-3-4-14(2)21(13)10-7-19-5-8-20(9-6-19)17(23)16-11-15(22)12-18-16/h13-16,18,22H,3-12H2,1-2H3. The lowest BCUT2D eigenvalue weighted by molar-refractivity contribution is -0.135. The van der Waals surface area contributed by atoms with Crippen LogP contribution in [-0.2, 0) is 4.79 Å². The van der Waals surface area contributed by atoms with Gasteiger partial charge in [-0.25, -0.2) is 0 Å². The first-order valence-electron chi connectivity index (χ1n) is 9.23. The van der Waals surface area contributed by atoms with Gasteiger partial charge in [0.2, 0.25) is 5.91 Å². The minimum Gasteiger partial charge on any atom is -0.392 e. The predicted molar refractivity (Wildman–Crippen MR) is 90.3 cm³/mol. The van der Waals surface area contributed by atoms with Crippen molar-refractivity contribution in [1.82, 2.24) is 20.0 Å². The van der Waals surface area contributed by atoms with Crippen molar-refractivity contribution in [2.75, 3.05) is 45.8 Å². The average Bonchev–Trinajstić information content (AvgIpc) is 3.12. The Morgan fingerprint density at radius 1 is 1.09 bits per heavy atom. The molecule has 3 aliphatic heterocycles. The van der Waals surface area contributed by atoms with Gasteiger partial charge in [0.1, 0.15) is 0 Å². The van der Waals surface area contributed by atoms with Crippen LogP contribution in [0.15, 0.2) is 0 Å². The quantitative estimate of drug-likeness (QED) is 0.745. The van der Waals surface area contributed by atoms with Crippen LogP contribution < -0.4 is 5.32 Å². The summed E-state index contributed by atoms with van der Waals surface area (Å²) in [5.74, 6) is 0.169. The molecule has 0 spiro atoms. The van der Waals surface area contributed by atoms with Gasteiger partial charge in [-0.1, -0.05) is 0 Å². The molecule has 6 nitrogen and oxygen atoms in total. The molecule has 6 heteroatoms. The third-order valence-corrected chi connectivity index (χ3v) is 5.90. The molecular weight excluding hydrogens is 292 g/mol. The van der Waals surface area contributed by atoms with Gasteiger partial charge in [0.15, 0.2) is 0 Å². The van der Waals surface area contributed by atoms with Crippen LogP contribution in [0.4, 0.5) is 0 Å². The van der Waals surface area contributed by atoms with Gasteiger partial charge in [0.05, 0.1) is 12.1 Å². The molecule has 23 heavy (non-hydrogen) atoms. The number of hydrogen-bond donors (Lipinski definition) is 2. The summed E-state index contributed by atoms with van der Waals surface area (Å²) in [5, 5.41) is 12.7. The first-order chi connectivity index (χ1) is 11.0. The molecule has 3 heterocycles. The monoisotopic (exact) mass is 324 g/mol. The van der Waals surface area contributed by atoms with Crippen molar-refractivity contribution in [3.8, 4) is 0 Å². The Balaban J connectivity index is 1.39. The van der Waals surface area contributed by atoms with Crippen LogP contribution in [0.25, 0.3) is 0 Å². The summed E-state index contributed by atoms with van der Waals surface area (Å²) in [6.07, 6.45) is 2.84. The van der Waals surface area contributed by atoms with Crippen LogP contribution in [0.2, 0.25) is 0 Å². The topological polar surface area (TPSA) is 59.0 Å². The minimum atomic E-state index is -0.366. The van der Waals surface area contributed by atoms with E-state index in [0.717, 1.165) is 39.3 Å². The normalized spacial score (nSPS) is 36.7. The van der Waals surface area contributed by atoms with E-state index in [-0.39, 0.29) is 18.1 Å². The second-order valence-corrected chi connectivity index (χ2v) is 7.53. The average molecular weight is 324 g/mol.